The van der Waals surface area contributed by atoms with E-state index in [0.717, 1.165) is 18.8 Å². The van der Waals surface area contributed by atoms with E-state index in [1.807, 2.05) is 61.5 Å². The number of carbonyl (C=O) groups is 2. The summed E-state index contributed by atoms with van der Waals surface area (Å²) in [5.41, 5.74) is 1.50. The van der Waals surface area contributed by atoms with Crippen LogP contribution in [0.2, 0.25) is 0 Å². The Morgan fingerprint density at radius 1 is 0.966 bits per heavy atom. The monoisotopic (exact) mass is 393 g/mol. The van der Waals surface area contributed by atoms with Crippen molar-refractivity contribution in [3.8, 4) is 0 Å². The average molecular weight is 394 g/mol. The summed E-state index contributed by atoms with van der Waals surface area (Å²) in [6.45, 7) is 7.94. The van der Waals surface area contributed by atoms with Crippen LogP contribution < -0.4 is 15.1 Å². The van der Waals surface area contributed by atoms with Crippen LogP contribution in [-0.2, 0) is 9.59 Å². The molecule has 0 saturated carbocycles. The lowest BCUT2D eigenvalue weighted by molar-refractivity contribution is -0.136. The van der Waals surface area contributed by atoms with Crippen LogP contribution in [0.4, 0.5) is 17.1 Å². The SMILES string of the molecule is CCN(C(=O)C(C)(C)C(=O)Nc1ccc(N2CCCCC2)cc1)c1ccccc1. The molecular weight excluding hydrogens is 362 g/mol. The van der Waals surface area contributed by atoms with Crippen LogP contribution >= 0.6 is 0 Å². The van der Waals surface area contributed by atoms with Crippen molar-refractivity contribution < 1.29 is 9.59 Å². The lowest BCUT2D eigenvalue weighted by atomic mass is 9.89. The highest BCUT2D eigenvalue weighted by Crippen LogP contribution is 2.27. The van der Waals surface area contributed by atoms with Gasteiger partial charge in [0, 0.05) is 36.7 Å². The molecule has 1 heterocycles. The molecule has 29 heavy (non-hydrogen) atoms. The highest BCUT2D eigenvalue weighted by atomic mass is 16.2. The Kier molecular flexibility index (Phi) is 6.57. The molecule has 0 bridgehead atoms. The van der Waals surface area contributed by atoms with Crippen LogP contribution in [0.5, 0.6) is 0 Å². The number of piperidine rings is 1. The van der Waals surface area contributed by atoms with Gasteiger partial charge in [-0.3, -0.25) is 9.59 Å². The van der Waals surface area contributed by atoms with E-state index in [9.17, 15) is 9.59 Å². The number of para-hydroxylation sites is 1. The van der Waals surface area contributed by atoms with Gasteiger partial charge >= 0.3 is 0 Å². The molecule has 5 heteroatoms. The molecule has 3 rings (SSSR count). The molecule has 0 aliphatic carbocycles. The van der Waals surface area contributed by atoms with Gasteiger partial charge in [-0.05, 0) is 76.4 Å². The highest BCUT2D eigenvalue weighted by Gasteiger charge is 2.39. The van der Waals surface area contributed by atoms with Crippen molar-refractivity contribution in [3.63, 3.8) is 0 Å². The van der Waals surface area contributed by atoms with Crippen LogP contribution in [0.3, 0.4) is 0 Å². The Hall–Kier alpha value is -2.82. The van der Waals surface area contributed by atoms with Crippen LogP contribution in [0.15, 0.2) is 54.6 Å². The van der Waals surface area contributed by atoms with Crippen molar-refractivity contribution in [2.75, 3.05) is 34.8 Å². The third-order valence-corrected chi connectivity index (χ3v) is 5.58. The molecule has 1 aliphatic rings. The number of hydrogen-bond acceptors (Lipinski definition) is 3. The van der Waals surface area contributed by atoms with Gasteiger partial charge < -0.3 is 15.1 Å². The van der Waals surface area contributed by atoms with Crippen LogP contribution in [0, 0.1) is 5.41 Å². The second kappa shape index (κ2) is 9.12. The maximum absolute atomic E-state index is 13.1. The van der Waals surface area contributed by atoms with Crippen LogP contribution in [-0.4, -0.2) is 31.4 Å². The molecule has 2 aromatic carbocycles. The number of anilines is 3. The van der Waals surface area contributed by atoms with Crippen molar-refractivity contribution in [3.05, 3.63) is 54.6 Å². The van der Waals surface area contributed by atoms with E-state index < -0.39 is 5.41 Å². The molecule has 0 radical (unpaired) electrons. The van der Waals surface area contributed by atoms with Gasteiger partial charge in [-0.25, -0.2) is 0 Å². The molecule has 0 unspecified atom stereocenters. The summed E-state index contributed by atoms with van der Waals surface area (Å²) in [5, 5.41) is 2.92. The van der Waals surface area contributed by atoms with Gasteiger partial charge in [-0.1, -0.05) is 18.2 Å². The number of hydrogen-bond donors (Lipinski definition) is 1. The largest absolute Gasteiger partial charge is 0.372 e. The van der Waals surface area contributed by atoms with E-state index >= 15 is 0 Å². The van der Waals surface area contributed by atoms with Crippen LogP contribution in [0.1, 0.15) is 40.0 Å². The molecule has 154 valence electrons. The van der Waals surface area contributed by atoms with E-state index in [-0.39, 0.29) is 11.8 Å². The smallest absolute Gasteiger partial charge is 0.242 e. The Morgan fingerprint density at radius 3 is 2.17 bits per heavy atom. The fraction of sp³-hybridized carbons (Fsp3) is 0.417. The molecule has 0 atom stereocenters. The summed E-state index contributed by atoms with van der Waals surface area (Å²) in [6, 6.07) is 17.4. The van der Waals surface area contributed by atoms with E-state index in [1.165, 1.54) is 24.9 Å². The van der Waals surface area contributed by atoms with Gasteiger partial charge in [0.15, 0.2) is 0 Å². The molecular formula is C24H31N3O2. The number of nitrogens with zero attached hydrogens (tertiary/aromatic N) is 2. The number of nitrogens with one attached hydrogen (secondary N) is 1. The highest BCUT2D eigenvalue weighted by molar-refractivity contribution is 6.14. The summed E-state index contributed by atoms with van der Waals surface area (Å²) >= 11 is 0. The summed E-state index contributed by atoms with van der Waals surface area (Å²) < 4.78 is 0. The van der Waals surface area contributed by atoms with Gasteiger partial charge in [0.1, 0.15) is 5.41 Å². The molecule has 2 amide bonds. The molecule has 1 N–H and O–H groups in total. The maximum Gasteiger partial charge on any atom is 0.242 e. The predicted octanol–water partition coefficient (Wildman–Crippen LogP) is 4.69. The maximum atomic E-state index is 13.1. The van der Waals surface area contributed by atoms with E-state index in [0.29, 0.717) is 12.2 Å². The second-order valence-corrected chi connectivity index (χ2v) is 8.06. The summed E-state index contributed by atoms with van der Waals surface area (Å²) in [7, 11) is 0. The molecule has 2 aromatic rings. The third-order valence-electron chi connectivity index (χ3n) is 5.58. The Bertz CT molecular complexity index is 825. The zero-order chi connectivity index (χ0) is 20.9. The zero-order valence-electron chi connectivity index (χ0n) is 17.6. The Labute approximate surface area is 173 Å². The van der Waals surface area contributed by atoms with Crippen molar-refractivity contribution >= 4 is 28.9 Å². The number of amides is 2. The van der Waals surface area contributed by atoms with Gasteiger partial charge in [-0.2, -0.15) is 0 Å². The second-order valence-electron chi connectivity index (χ2n) is 8.06. The molecule has 0 aromatic heterocycles. The fourth-order valence-electron chi connectivity index (χ4n) is 3.68. The molecule has 1 fully saturated rings. The quantitative estimate of drug-likeness (QED) is 0.724. The van der Waals surface area contributed by atoms with Crippen molar-refractivity contribution in [2.24, 2.45) is 5.41 Å². The summed E-state index contributed by atoms with van der Waals surface area (Å²) in [4.78, 5) is 30.1. The third kappa shape index (κ3) is 4.78. The topological polar surface area (TPSA) is 52.7 Å². The summed E-state index contributed by atoms with van der Waals surface area (Å²) in [6.07, 6.45) is 3.75. The number of rotatable bonds is 6. The molecule has 0 spiro atoms. The zero-order valence-corrected chi connectivity index (χ0v) is 17.6. The van der Waals surface area contributed by atoms with Crippen molar-refractivity contribution in [1.29, 1.82) is 0 Å². The first-order valence-corrected chi connectivity index (χ1v) is 10.5. The Morgan fingerprint density at radius 2 is 1.59 bits per heavy atom. The molecule has 1 saturated heterocycles. The van der Waals surface area contributed by atoms with Gasteiger partial charge in [0.05, 0.1) is 0 Å². The standard InChI is InChI=1S/C24H31N3O2/c1-4-27(21-11-7-5-8-12-21)23(29)24(2,3)22(28)25-19-13-15-20(16-14-19)26-17-9-6-10-18-26/h5,7-8,11-16H,4,6,9-10,17-18H2,1-3H3,(H,25,28). The number of benzene rings is 2. The molecule has 5 nitrogen and oxygen atoms in total. The van der Waals surface area contributed by atoms with E-state index in [4.69, 9.17) is 0 Å². The lowest BCUT2D eigenvalue weighted by Crippen LogP contribution is -2.47. The first-order valence-electron chi connectivity index (χ1n) is 10.5. The minimum Gasteiger partial charge on any atom is -0.372 e. The summed E-state index contributed by atoms with van der Waals surface area (Å²) in [5.74, 6) is -0.517. The average Bonchev–Trinajstić information content (AvgIpc) is 2.76. The fourth-order valence-corrected chi connectivity index (χ4v) is 3.68. The normalized spacial score (nSPS) is 14.4. The predicted molar refractivity (Wildman–Crippen MR) is 119 cm³/mol. The lowest BCUT2D eigenvalue weighted by Gasteiger charge is -2.31. The van der Waals surface area contributed by atoms with Crippen molar-refractivity contribution in [2.45, 2.75) is 40.0 Å². The Balaban J connectivity index is 1.69. The first-order chi connectivity index (χ1) is 13.9. The van der Waals surface area contributed by atoms with Crippen molar-refractivity contribution in [1.82, 2.24) is 0 Å². The minimum absolute atomic E-state index is 0.214. The van der Waals surface area contributed by atoms with E-state index in [2.05, 4.69) is 10.2 Å². The molecule has 1 aliphatic heterocycles. The minimum atomic E-state index is -1.18. The van der Waals surface area contributed by atoms with Crippen LogP contribution in [0.25, 0.3) is 0 Å². The van der Waals surface area contributed by atoms with Gasteiger partial charge in [-0.15, -0.1) is 0 Å². The first kappa shape index (κ1) is 20.9. The van der Waals surface area contributed by atoms with Gasteiger partial charge in [0.2, 0.25) is 11.8 Å². The van der Waals surface area contributed by atoms with E-state index in [1.54, 1.807) is 18.7 Å². The number of carbonyl (C=O) groups excluding carboxylic acids is 2. The van der Waals surface area contributed by atoms with Gasteiger partial charge in [0.25, 0.3) is 0 Å².